The van der Waals surface area contributed by atoms with Crippen LogP contribution >= 0.6 is 15.9 Å². The lowest BCUT2D eigenvalue weighted by atomic mass is 10.1. The fourth-order valence-corrected chi connectivity index (χ4v) is 1.32. The lowest BCUT2D eigenvalue weighted by molar-refractivity contribution is -0.0886. The Labute approximate surface area is 89.6 Å². The van der Waals surface area contributed by atoms with E-state index in [2.05, 4.69) is 15.9 Å². The molecule has 0 atom stereocenters. The number of carbonyl (C=O) groups excluding carboxylic acids is 1. The summed E-state index contributed by atoms with van der Waals surface area (Å²) in [5.74, 6) is -4.89. The van der Waals surface area contributed by atoms with Crippen LogP contribution in [0.25, 0.3) is 0 Å². The molecule has 0 saturated heterocycles. The van der Waals surface area contributed by atoms with E-state index in [4.69, 9.17) is 5.11 Å². The minimum Gasteiger partial charge on any atom is -0.504 e. The van der Waals surface area contributed by atoms with Crippen molar-refractivity contribution in [1.29, 1.82) is 0 Å². The molecule has 1 aromatic carbocycles. The molecule has 0 heterocycles. The van der Waals surface area contributed by atoms with E-state index >= 15 is 0 Å². The van der Waals surface area contributed by atoms with Crippen molar-refractivity contribution < 1.29 is 27.5 Å². The first-order chi connectivity index (χ1) is 6.73. The Morgan fingerprint density at radius 3 is 2.33 bits per heavy atom. The van der Waals surface area contributed by atoms with Crippen LogP contribution in [-0.4, -0.2) is 17.1 Å². The Morgan fingerprint density at radius 2 is 1.87 bits per heavy atom. The highest BCUT2D eigenvalue weighted by Gasteiger charge is 2.41. The van der Waals surface area contributed by atoms with Crippen molar-refractivity contribution in [3.05, 3.63) is 28.0 Å². The van der Waals surface area contributed by atoms with Gasteiger partial charge in [-0.15, -0.1) is 0 Å². The Kier molecular flexibility index (Phi) is 3.03. The second kappa shape index (κ2) is 3.80. The normalized spacial score (nSPS) is 11.5. The lowest BCUT2D eigenvalue weighted by Gasteiger charge is -2.07. The highest BCUT2D eigenvalue weighted by molar-refractivity contribution is 9.10. The van der Waals surface area contributed by atoms with Gasteiger partial charge in [0, 0.05) is 4.47 Å². The Bertz CT molecular complexity index is 414. The Balaban J connectivity index is 3.32. The third kappa shape index (κ3) is 2.47. The van der Waals surface area contributed by atoms with Gasteiger partial charge in [-0.1, -0.05) is 15.9 Å². The molecule has 0 bridgehead atoms. The van der Waals surface area contributed by atoms with Crippen molar-refractivity contribution in [3.8, 4) is 5.75 Å². The average molecular weight is 287 g/mol. The molecule has 0 aliphatic heterocycles. The molecule has 1 aromatic rings. The van der Waals surface area contributed by atoms with Gasteiger partial charge in [-0.2, -0.15) is 13.2 Å². The van der Waals surface area contributed by atoms with Crippen LogP contribution in [0.4, 0.5) is 17.6 Å². The van der Waals surface area contributed by atoms with E-state index in [0.717, 1.165) is 6.07 Å². The minimum absolute atomic E-state index is 0.0644. The molecule has 7 heteroatoms. The van der Waals surface area contributed by atoms with Crippen LogP contribution in [0.15, 0.2) is 16.6 Å². The van der Waals surface area contributed by atoms with E-state index in [-0.39, 0.29) is 4.47 Å². The average Bonchev–Trinajstić information content (AvgIpc) is 2.08. The number of ketones is 1. The number of phenolic OH excluding ortho intramolecular Hbond substituents is 1. The number of carbonyl (C=O) groups is 1. The zero-order chi connectivity index (χ0) is 11.8. The fourth-order valence-electron chi connectivity index (χ4n) is 0.892. The van der Waals surface area contributed by atoms with Gasteiger partial charge in [0.15, 0.2) is 11.6 Å². The van der Waals surface area contributed by atoms with Crippen molar-refractivity contribution in [2.24, 2.45) is 0 Å². The van der Waals surface area contributed by atoms with Crippen LogP contribution < -0.4 is 0 Å². The van der Waals surface area contributed by atoms with Crippen molar-refractivity contribution in [3.63, 3.8) is 0 Å². The number of hydrogen-bond donors (Lipinski definition) is 1. The Morgan fingerprint density at radius 1 is 1.33 bits per heavy atom. The fraction of sp³-hybridized carbons (Fsp3) is 0.125. The maximum absolute atomic E-state index is 12.8. The molecule has 0 aliphatic rings. The maximum Gasteiger partial charge on any atom is 0.455 e. The van der Waals surface area contributed by atoms with Gasteiger partial charge in [-0.05, 0) is 12.1 Å². The molecule has 0 aliphatic carbocycles. The molecule has 2 nitrogen and oxygen atoms in total. The van der Waals surface area contributed by atoms with Crippen molar-refractivity contribution >= 4 is 21.7 Å². The molecular weight excluding hydrogens is 284 g/mol. The summed E-state index contributed by atoms with van der Waals surface area (Å²) in [5, 5.41) is 8.94. The van der Waals surface area contributed by atoms with Gasteiger partial charge in [-0.3, -0.25) is 4.79 Å². The van der Waals surface area contributed by atoms with Crippen molar-refractivity contribution in [2.45, 2.75) is 6.18 Å². The highest BCUT2D eigenvalue weighted by atomic mass is 79.9. The monoisotopic (exact) mass is 286 g/mol. The zero-order valence-corrected chi connectivity index (χ0v) is 8.49. The third-order valence-electron chi connectivity index (χ3n) is 1.53. The summed E-state index contributed by atoms with van der Waals surface area (Å²) in [7, 11) is 0. The van der Waals surface area contributed by atoms with Crippen LogP contribution in [0, 0.1) is 5.82 Å². The number of phenols is 1. The Hall–Kier alpha value is -1.11. The zero-order valence-electron chi connectivity index (χ0n) is 6.90. The molecule has 0 saturated carbocycles. The van der Waals surface area contributed by atoms with Crippen LogP contribution in [0.2, 0.25) is 0 Å². The first kappa shape index (κ1) is 12.0. The molecule has 15 heavy (non-hydrogen) atoms. The van der Waals surface area contributed by atoms with E-state index in [1.165, 1.54) is 0 Å². The van der Waals surface area contributed by atoms with E-state index in [1.54, 1.807) is 0 Å². The summed E-state index contributed by atoms with van der Waals surface area (Å²) in [6, 6.07) is 1.46. The molecule has 1 N–H and O–H groups in total. The number of benzene rings is 1. The highest BCUT2D eigenvalue weighted by Crippen LogP contribution is 2.31. The maximum atomic E-state index is 12.8. The first-order valence-electron chi connectivity index (χ1n) is 3.53. The second-order valence-corrected chi connectivity index (χ2v) is 3.53. The van der Waals surface area contributed by atoms with Gasteiger partial charge in [-0.25, -0.2) is 4.39 Å². The molecule has 0 amide bonds. The first-order valence-corrected chi connectivity index (χ1v) is 4.32. The van der Waals surface area contributed by atoms with Crippen LogP contribution in [0.5, 0.6) is 5.75 Å². The second-order valence-electron chi connectivity index (χ2n) is 2.61. The number of rotatable bonds is 1. The smallest absolute Gasteiger partial charge is 0.455 e. The molecule has 0 radical (unpaired) electrons. The largest absolute Gasteiger partial charge is 0.504 e. The summed E-state index contributed by atoms with van der Waals surface area (Å²) in [4.78, 5) is 10.7. The number of Topliss-reactive ketones (excluding diaryl/α,β-unsaturated/α-hetero) is 1. The van der Waals surface area contributed by atoms with Crippen LogP contribution in [-0.2, 0) is 0 Å². The molecule has 0 fully saturated rings. The predicted molar refractivity (Wildman–Crippen MR) is 46.2 cm³/mol. The van der Waals surface area contributed by atoms with Gasteiger partial charge in [0.2, 0.25) is 0 Å². The van der Waals surface area contributed by atoms with E-state index in [0.29, 0.717) is 6.07 Å². The van der Waals surface area contributed by atoms with E-state index in [9.17, 15) is 22.4 Å². The van der Waals surface area contributed by atoms with E-state index < -0.39 is 29.1 Å². The summed E-state index contributed by atoms with van der Waals surface area (Å²) in [6.07, 6.45) is -5.15. The lowest BCUT2D eigenvalue weighted by Crippen LogP contribution is -2.23. The van der Waals surface area contributed by atoms with E-state index in [1.807, 2.05) is 0 Å². The molecule has 0 aromatic heterocycles. The van der Waals surface area contributed by atoms with Gasteiger partial charge in [0.1, 0.15) is 0 Å². The molecular formula is C8H3BrF4O2. The third-order valence-corrected chi connectivity index (χ3v) is 1.99. The predicted octanol–water partition coefficient (Wildman–Crippen LogP) is 3.04. The summed E-state index contributed by atoms with van der Waals surface area (Å²) in [5.41, 5.74) is -1.12. The van der Waals surface area contributed by atoms with Gasteiger partial charge >= 0.3 is 6.18 Å². The van der Waals surface area contributed by atoms with Gasteiger partial charge in [0.05, 0.1) is 5.56 Å². The van der Waals surface area contributed by atoms with Crippen LogP contribution in [0.3, 0.4) is 0 Å². The number of halogens is 5. The minimum atomic E-state index is -5.15. The SMILES string of the molecule is O=C(c1cc(Br)cc(F)c1O)C(F)(F)F. The summed E-state index contributed by atoms with van der Waals surface area (Å²) >= 11 is 2.71. The molecule has 0 spiro atoms. The van der Waals surface area contributed by atoms with Crippen molar-refractivity contribution in [2.75, 3.05) is 0 Å². The molecule has 82 valence electrons. The number of aromatic hydroxyl groups is 1. The standard InChI is InChI=1S/C8H3BrF4O2/c9-3-1-4(6(14)5(10)2-3)7(15)8(11,12)13/h1-2,14H. The number of hydrogen-bond acceptors (Lipinski definition) is 2. The van der Waals surface area contributed by atoms with Crippen molar-refractivity contribution in [1.82, 2.24) is 0 Å². The quantitative estimate of drug-likeness (QED) is 0.636. The van der Waals surface area contributed by atoms with Gasteiger partial charge in [0.25, 0.3) is 5.78 Å². The summed E-state index contributed by atoms with van der Waals surface area (Å²) < 4.78 is 48.7. The summed E-state index contributed by atoms with van der Waals surface area (Å²) in [6.45, 7) is 0. The number of alkyl halides is 3. The molecule has 0 unspecified atom stereocenters. The molecule has 1 rings (SSSR count). The van der Waals surface area contributed by atoms with Gasteiger partial charge < -0.3 is 5.11 Å². The topological polar surface area (TPSA) is 37.3 Å². The van der Waals surface area contributed by atoms with Crippen LogP contribution in [0.1, 0.15) is 10.4 Å².